The van der Waals surface area contributed by atoms with Crippen LogP contribution in [0.15, 0.2) is 22.7 Å². The molecule has 4 heteroatoms. The standard InChI is InChI=1S/C16H24BrNO2/c1-4-8-18-16(13-7-9-20-11(13)2)14-6-5-12(19-3)10-15(14)17/h5-6,10-11,13,16,18H,4,7-9H2,1-3H3. The number of ether oxygens (including phenoxy) is 2. The largest absolute Gasteiger partial charge is 0.497 e. The van der Waals surface area contributed by atoms with Crippen molar-refractivity contribution in [1.82, 2.24) is 5.32 Å². The molecule has 0 bridgehead atoms. The molecule has 1 aromatic carbocycles. The number of rotatable bonds is 6. The molecule has 1 aliphatic rings. The number of nitrogens with one attached hydrogen (secondary N) is 1. The molecule has 0 amide bonds. The Morgan fingerprint density at radius 3 is 2.85 bits per heavy atom. The van der Waals surface area contributed by atoms with Gasteiger partial charge in [-0.25, -0.2) is 0 Å². The van der Waals surface area contributed by atoms with E-state index in [1.54, 1.807) is 7.11 Å². The van der Waals surface area contributed by atoms with E-state index in [2.05, 4.69) is 41.2 Å². The Labute approximate surface area is 130 Å². The van der Waals surface area contributed by atoms with Crippen LogP contribution < -0.4 is 10.1 Å². The van der Waals surface area contributed by atoms with Crippen molar-refractivity contribution in [2.75, 3.05) is 20.3 Å². The van der Waals surface area contributed by atoms with Crippen molar-refractivity contribution in [3.05, 3.63) is 28.2 Å². The summed E-state index contributed by atoms with van der Waals surface area (Å²) in [5.74, 6) is 1.40. The van der Waals surface area contributed by atoms with E-state index in [4.69, 9.17) is 9.47 Å². The summed E-state index contributed by atoms with van der Waals surface area (Å²) in [6.45, 7) is 6.26. The van der Waals surface area contributed by atoms with Gasteiger partial charge in [0.2, 0.25) is 0 Å². The van der Waals surface area contributed by atoms with Gasteiger partial charge >= 0.3 is 0 Å². The third-order valence-corrected chi connectivity index (χ3v) is 4.71. The predicted molar refractivity (Wildman–Crippen MR) is 85.2 cm³/mol. The molecule has 1 saturated heterocycles. The van der Waals surface area contributed by atoms with Crippen LogP contribution in [0, 0.1) is 5.92 Å². The molecule has 2 rings (SSSR count). The Morgan fingerprint density at radius 2 is 2.30 bits per heavy atom. The van der Waals surface area contributed by atoms with Gasteiger partial charge in [-0.2, -0.15) is 0 Å². The second kappa shape index (κ2) is 7.43. The van der Waals surface area contributed by atoms with Crippen LogP contribution in [0.1, 0.15) is 38.3 Å². The van der Waals surface area contributed by atoms with E-state index in [0.29, 0.717) is 18.1 Å². The van der Waals surface area contributed by atoms with Gasteiger partial charge in [-0.05, 0) is 44.0 Å². The molecular formula is C16H24BrNO2. The van der Waals surface area contributed by atoms with E-state index in [0.717, 1.165) is 36.2 Å². The van der Waals surface area contributed by atoms with Gasteiger partial charge in [-0.1, -0.05) is 28.9 Å². The minimum Gasteiger partial charge on any atom is -0.497 e. The minimum atomic E-state index is 0.304. The van der Waals surface area contributed by atoms with Gasteiger partial charge < -0.3 is 14.8 Å². The van der Waals surface area contributed by atoms with Crippen molar-refractivity contribution >= 4 is 15.9 Å². The van der Waals surface area contributed by atoms with Crippen LogP contribution in [0.2, 0.25) is 0 Å². The van der Waals surface area contributed by atoms with Crippen LogP contribution in [0.25, 0.3) is 0 Å². The molecule has 0 radical (unpaired) electrons. The summed E-state index contributed by atoms with van der Waals surface area (Å²) in [4.78, 5) is 0. The molecule has 1 fully saturated rings. The fourth-order valence-corrected chi connectivity index (χ4v) is 3.47. The predicted octanol–water partition coefficient (Wildman–Crippen LogP) is 3.92. The van der Waals surface area contributed by atoms with Crippen molar-refractivity contribution in [3.8, 4) is 5.75 Å². The van der Waals surface area contributed by atoms with Gasteiger partial charge in [0.1, 0.15) is 5.75 Å². The second-order valence-electron chi connectivity index (χ2n) is 5.35. The molecule has 20 heavy (non-hydrogen) atoms. The molecule has 3 unspecified atom stereocenters. The minimum absolute atomic E-state index is 0.304. The molecule has 1 heterocycles. The summed E-state index contributed by atoms with van der Waals surface area (Å²) in [6.07, 6.45) is 2.55. The van der Waals surface area contributed by atoms with E-state index in [1.165, 1.54) is 5.56 Å². The lowest BCUT2D eigenvalue weighted by Gasteiger charge is -2.28. The van der Waals surface area contributed by atoms with Crippen LogP contribution >= 0.6 is 15.9 Å². The topological polar surface area (TPSA) is 30.5 Å². The van der Waals surface area contributed by atoms with Crippen molar-refractivity contribution in [2.45, 2.75) is 38.8 Å². The fourth-order valence-electron chi connectivity index (χ4n) is 2.86. The summed E-state index contributed by atoms with van der Waals surface area (Å²) < 4.78 is 12.1. The second-order valence-corrected chi connectivity index (χ2v) is 6.20. The number of hydrogen-bond acceptors (Lipinski definition) is 3. The number of benzene rings is 1. The third-order valence-electron chi connectivity index (χ3n) is 4.02. The van der Waals surface area contributed by atoms with Gasteiger partial charge in [0.25, 0.3) is 0 Å². The van der Waals surface area contributed by atoms with Crippen LogP contribution in [0.5, 0.6) is 5.75 Å². The number of methoxy groups -OCH3 is 1. The van der Waals surface area contributed by atoms with E-state index in [1.807, 2.05) is 12.1 Å². The zero-order valence-corrected chi connectivity index (χ0v) is 14.1. The maximum absolute atomic E-state index is 5.75. The molecule has 0 aliphatic carbocycles. The Morgan fingerprint density at radius 1 is 1.50 bits per heavy atom. The molecule has 0 saturated carbocycles. The molecule has 0 spiro atoms. The van der Waals surface area contributed by atoms with Gasteiger partial charge in [-0.15, -0.1) is 0 Å². The van der Waals surface area contributed by atoms with Gasteiger partial charge in [0.15, 0.2) is 0 Å². The molecule has 3 atom stereocenters. The molecule has 1 aliphatic heterocycles. The number of halogens is 1. The van der Waals surface area contributed by atoms with Crippen LogP contribution in [-0.4, -0.2) is 26.4 Å². The maximum atomic E-state index is 5.75. The highest BCUT2D eigenvalue weighted by Crippen LogP contribution is 2.37. The third kappa shape index (κ3) is 3.54. The molecule has 112 valence electrons. The lowest BCUT2D eigenvalue weighted by molar-refractivity contribution is 0.0953. The smallest absolute Gasteiger partial charge is 0.120 e. The molecule has 3 nitrogen and oxygen atoms in total. The zero-order chi connectivity index (χ0) is 14.5. The van der Waals surface area contributed by atoms with E-state index in [9.17, 15) is 0 Å². The molecule has 1 N–H and O–H groups in total. The van der Waals surface area contributed by atoms with Gasteiger partial charge in [0.05, 0.1) is 13.2 Å². The first kappa shape index (κ1) is 15.8. The highest BCUT2D eigenvalue weighted by Gasteiger charge is 2.33. The van der Waals surface area contributed by atoms with Crippen molar-refractivity contribution in [1.29, 1.82) is 0 Å². The summed E-state index contributed by atoms with van der Waals surface area (Å²) in [5.41, 5.74) is 1.29. The Kier molecular flexibility index (Phi) is 5.87. The van der Waals surface area contributed by atoms with Crippen molar-refractivity contribution < 1.29 is 9.47 Å². The Bertz CT molecular complexity index is 438. The van der Waals surface area contributed by atoms with Gasteiger partial charge in [-0.3, -0.25) is 0 Å². The maximum Gasteiger partial charge on any atom is 0.120 e. The first-order chi connectivity index (χ1) is 9.67. The zero-order valence-electron chi connectivity index (χ0n) is 12.5. The van der Waals surface area contributed by atoms with Crippen molar-refractivity contribution in [3.63, 3.8) is 0 Å². The average molecular weight is 342 g/mol. The lowest BCUT2D eigenvalue weighted by Crippen LogP contribution is -2.32. The van der Waals surface area contributed by atoms with Crippen LogP contribution in [0.4, 0.5) is 0 Å². The summed E-state index contributed by atoms with van der Waals surface area (Å²) in [5, 5.41) is 3.69. The Hall–Kier alpha value is -0.580. The highest BCUT2D eigenvalue weighted by molar-refractivity contribution is 9.10. The molecule has 0 aromatic heterocycles. The van der Waals surface area contributed by atoms with Crippen molar-refractivity contribution in [2.24, 2.45) is 5.92 Å². The normalized spacial score (nSPS) is 23.8. The molecular weight excluding hydrogens is 318 g/mol. The van der Waals surface area contributed by atoms with Crippen LogP contribution in [-0.2, 0) is 4.74 Å². The highest BCUT2D eigenvalue weighted by atomic mass is 79.9. The van der Waals surface area contributed by atoms with E-state index >= 15 is 0 Å². The van der Waals surface area contributed by atoms with Crippen LogP contribution in [0.3, 0.4) is 0 Å². The summed E-state index contributed by atoms with van der Waals surface area (Å²) in [7, 11) is 1.70. The fraction of sp³-hybridized carbons (Fsp3) is 0.625. The first-order valence-corrected chi connectivity index (χ1v) is 8.15. The quantitative estimate of drug-likeness (QED) is 0.850. The summed E-state index contributed by atoms with van der Waals surface area (Å²) >= 11 is 3.69. The van der Waals surface area contributed by atoms with E-state index in [-0.39, 0.29) is 0 Å². The SMILES string of the molecule is CCCNC(c1ccc(OC)cc1Br)C1CCOC1C. The van der Waals surface area contributed by atoms with E-state index < -0.39 is 0 Å². The lowest BCUT2D eigenvalue weighted by atomic mass is 9.88. The molecule has 1 aromatic rings. The average Bonchev–Trinajstić information content (AvgIpc) is 2.87. The first-order valence-electron chi connectivity index (χ1n) is 7.35. The number of hydrogen-bond donors (Lipinski definition) is 1. The Balaban J connectivity index is 2.25. The van der Waals surface area contributed by atoms with Gasteiger partial charge in [0, 0.05) is 23.0 Å². The monoisotopic (exact) mass is 341 g/mol. The summed E-state index contributed by atoms with van der Waals surface area (Å²) in [6, 6.07) is 6.55.